The standard InChI is InChI=1S/C27H19ClN4O5/c1-16-22(28)9-5-11-23(16)31-26(34)21(25(33)29-27(31)35)13-18-15-30(24-10-3-2-8-20(18)24)14-17-6-4-7-19(12-17)32(36)37/h2-13,15H,14H2,1H3,(H,29,33,35)/b21-13+. The normalized spacial score (nSPS) is 14.9. The Balaban J connectivity index is 1.57. The maximum atomic E-state index is 13.4. The maximum Gasteiger partial charge on any atom is 0.335 e. The number of nitro groups is 1. The van der Waals surface area contributed by atoms with Crippen molar-refractivity contribution in [3.63, 3.8) is 0 Å². The fourth-order valence-electron chi connectivity index (χ4n) is 4.36. The predicted octanol–water partition coefficient (Wildman–Crippen LogP) is 5.23. The first-order chi connectivity index (χ1) is 17.7. The topological polar surface area (TPSA) is 115 Å². The highest BCUT2D eigenvalue weighted by Gasteiger charge is 2.37. The summed E-state index contributed by atoms with van der Waals surface area (Å²) in [6.45, 7) is 2.01. The van der Waals surface area contributed by atoms with Crippen molar-refractivity contribution in [3.05, 3.63) is 110 Å². The third-order valence-corrected chi connectivity index (χ3v) is 6.58. The number of imide groups is 2. The number of hydrogen-bond acceptors (Lipinski definition) is 5. The van der Waals surface area contributed by atoms with Gasteiger partial charge in [0.2, 0.25) is 0 Å². The molecule has 0 bridgehead atoms. The molecule has 0 unspecified atom stereocenters. The van der Waals surface area contributed by atoms with Gasteiger partial charge in [0.1, 0.15) is 5.57 Å². The molecule has 1 aliphatic rings. The van der Waals surface area contributed by atoms with Crippen molar-refractivity contribution in [1.29, 1.82) is 0 Å². The van der Waals surface area contributed by atoms with E-state index in [0.29, 0.717) is 28.3 Å². The van der Waals surface area contributed by atoms with E-state index in [1.807, 2.05) is 28.8 Å². The van der Waals surface area contributed by atoms with E-state index in [9.17, 15) is 24.5 Å². The first-order valence-corrected chi connectivity index (χ1v) is 11.6. The van der Waals surface area contributed by atoms with Crippen molar-refractivity contribution in [3.8, 4) is 0 Å². The molecular formula is C27H19ClN4O5. The Morgan fingerprint density at radius 1 is 1.03 bits per heavy atom. The van der Waals surface area contributed by atoms with E-state index in [-0.39, 0.29) is 16.9 Å². The van der Waals surface area contributed by atoms with E-state index in [1.165, 1.54) is 18.2 Å². The molecule has 3 aromatic carbocycles. The van der Waals surface area contributed by atoms with Crippen molar-refractivity contribution in [2.45, 2.75) is 13.5 Å². The molecule has 0 aliphatic carbocycles. The van der Waals surface area contributed by atoms with Gasteiger partial charge in [-0.05, 0) is 42.3 Å². The van der Waals surface area contributed by atoms with E-state index in [1.54, 1.807) is 43.5 Å². The Bertz CT molecular complexity index is 1660. The van der Waals surface area contributed by atoms with Gasteiger partial charge in [0.25, 0.3) is 17.5 Å². The van der Waals surface area contributed by atoms with Gasteiger partial charge in [-0.3, -0.25) is 25.0 Å². The quantitative estimate of drug-likeness (QED) is 0.169. The summed E-state index contributed by atoms with van der Waals surface area (Å²) in [6, 6.07) is 17.7. The van der Waals surface area contributed by atoms with Crippen molar-refractivity contribution in [1.82, 2.24) is 9.88 Å². The van der Waals surface area contributed by atoms with Gasteiger partial charge in [0.05, 0.1) is 10.6 Å². The van der Waals surface area contributed by atoms with E-state index in [4.69, 9.17) is 11.6 Å². The van der Waals surface area contributed by atoms with E-state index >= 15 is 0 Å². The second kappa shape index (κ2) is 9.36. The number of carbonyl (C=O) groups excluding carboxylic acids is 3. The van der Waals surface area contributed by atoms with Crippen LogP contribution in [0, 0.1) is 17.0 Å². The minimum absolute atomic E-state index is 0.0122. The number of rotatable bonds is 5. The number of nitrogens with one attached hydrogen (secondary N) is 1. The van der Waals surface area contributed by atoms with E-state index in [0.717, 1.165) is 15.8 Å². The first kappa shape index (κ1) is 24.0. The molecule has 5 rings (SSSR count). The molecule has 2 heterocycles. The summed E-state index contributed by atoms with van der Waals surface area (Å²) in [4.78, 5) is 50.4. The van der Waals surface area contributed by atoms with Gasteiger partial charge in [-0.25, -0.2) is 9.69 Å². The number of nitrogens with zero attached hydrogens (tertiary/aromatic N) is 3. The Morgan fingerprint density at radius 3 is 2.57 bits per heavy atom. The number of carbonyl (C=O) groups is 3. The largest absolute Gasteiger partial charge is 0.342 e. The number of hydrogen-bond donors (Lipinski definition) is 1. The molecule has 0 saturated carbocycles. The third kappa shape index (κ3) is 4.36. The Kier molecular flexibility index (Phi) is 6.06. The molecule has 1 fully saturated rings. The molecule has 1 aromatic heterocycles. The predicted molar refractivity (Wildman–Crippen MR) is 139 cm³/mol. The van der Waals surface area contributed by atoms with E-state index < -0.39 is 22.8 Å². The van der Waals surface area contributed by atoms with Crippen molar-refractivity contribution >= 4 is 57.8 Å². The van der Waals surface area contributed by atoms with Crippen LogP contribution in [-0.2, 0) is 16.1 Å². The number of halogens is 1. The number of benzene rings is 3. The Hall–Kier alpha value is -4.76. The van der Waals surface area contributed by atoms with Crippen LogP contribution < -0.4 is 10.2 Å². The zero-order chi connectivity index (χ0) is 26.3. The number of fused-ring (bicyclic) bond motifs is 1. The van der Waals surface area contributed by atoms with Gasteiger partial charge in [0, 0.05) is 46.4 Å². The zero-order valence-corrected chi connectivity index (χ0v) is 20.2. The summed E-state index contributed by atoms with van der Waals surface area (Å²) in [7, 11) is 0. The summed E-state index contributed by atoms with van der Waals surface area (Å²) in [5.41, 5.74) is 2.68. The van der Waals surface area contributed by atoms with E-state index in [2.05, 4.69) is 5.32 Å². The minimum atomic E-state index is -0.856. The molecule has 37 heavy (non-hydrogen) atoms. The lowest BCUT2D eigenvalue weighted by atomic mass is 10.1. The van der Waals surface area contributed by atoms with Gasteiger partial charge in [-0.1, -0.05) is 48.0 Å². The number of non-ortho nitro benzene ring substituents is 1. The van der Waals surface area contributed by atoms with Crippen LogP contribution in [0.4, 0.5) is 16.2 Å². The van der Waals surface area contributed by atoms with Crippen molar-refractivity contribution < 1.29 is 19.3 Å². The SMILES string of the molecule is Cc1c(Cl)cccc1N1C(=O)NC(=O)/C(=C\c2cn(Cc3cccc([N+](=O)[O-])c3)c3ccccc23)C1=O. The summed E-state index contributed by atoms with van der Waals surface area (Å²) in [6.07, 6.45) is 3.21. The lowest BCUT2D eigenvalue weighted by molar-refractivity contribution is -0.384. The molecule has 1 saturated heterocycles. The second-order valence-corrected chi connectivity index (χ2v) is 8.91. The lowest BCUT2D eigenvalue weighted by Gasteiger charge is -2.27. The van der Waals surface area contributed by atoms with Crippen LogP contribution >= 0.6 is 11.6 Å². The van der Waals surface area contributed by atoms with Crippen LogP contribution in [0.25, 0.3) is 17.0 Å². The van der Waals surface area contributed by atoms with Crippen LogP contribution in [0.15, 0.2) is 78.5 Å². The molecule has 4 aromatic rings. The van der Waals surface area contributed by atoms with Crippen molar-refractivity contribution in [2.24, 2.45) is 0 Å². The molecule has 10 heteroatoms. The number of barbiturate groups is 1. The highest BCUT2D eigenvalue weighted by atomic mass is 35.5. The number of anilines is 1. The van der Waals surface area contributed by atoms with Gasteiger partial charge in [-0.2, -0.15) is 0 Å². The van der Waals surface area contributed by atoms with Crippen LogP contribution in [0.2, 0.25) is 5.02 Å². The third-order valence-electron chi connectivity index (χ3n) is 6.18. The second-order valence-electron chi connectivity index (χ2n) is 8.50. The highest BCUT2D eigenvalue weighted by molar-refractivity contribution is 6.40. The number of aromatic nitrogens is 1. The molecule has 0 atom stereocenters. The number of para-hydroxylation sites is 1. The number of urea groups is 1. The van der Waals surface area contributed by atoms with Gasteiger partial charge in [-0.15, -0.1) is 0 Å². The van der Waals surface area contributed by atoms with Gasteiger partial charge >= 0.3 is 6.03 Å². The average Bonchev–Trinajstić information content (AvgIpc) is 3.21. The summed E-state index contributed by atoms with van der Waals surface area (Å²) in [5.74, 6) is -1.57. The monoisotopic (exact) mass is 514 g/mol. The minimum Gasteiger partial charge on any atom is -0.342 e. The van der Waals surface area contributed by atoms with Crippen LogP contribution in [0.3, 0.4) is 0 Å². The molecule has 1 N–H and O–H groups in total. The maximum absolute atomic E-state index is 13.4. The molecule has 9 nitrogen and oxygen atoms in total. The number of amides is 4. The Morgan fingerprint density at radius 2 is 1.78 bits per heavy atom. The summed E-state index contributed by atoms with van der Waals surface area (Å²) >= 11 is 6.19. The number of nitro benzene ring substituents is 1. The summed E-state index contributed by atoms with van der Waals surface area (Å²) < 4.78 is 1.88. The average molecular weight is 515 g/mol. The zero-order valence-electron chi connectivity index (χ0n) is 19.5. The molecule has 1 aliphatic heterocycles. The van der Waals surface area contributed by atoms with Gasteiger partial charge < -0.3 is 4.57 Å². The first-order valence-electron chi connectivity index (χ1n) is 11.2. The molecular weight excluding hydrogens is 496 g/mol. The molecule has 0 radical (unpaired) electrons. The smallest absolute Gasteiger partial charge is 0.335 e. The van der Waals surface area contributed by atoms with Crippen LogP contribution in [0.1, 0.15) is 16.7 Å². The highest BCUT2D eigenvalue weighted by Crippen LogP contribution is 2.31. The lowest BCUT2D eigenvalue weighted by Crippen LogP contribution is -2.54. The fourth-order valence-corrected chi connectivity index (χ4v) is 4.53. The molecule has 184 valence electrons. The van der Waals surface area contributed by atoms with Gasteiger partial charge in [0.15, 0.2) is 0 Å². The van der Waals surface area contributed by atoms with Crippen LogP contribution in [-0.4, -0.2) is 27.3 Å². The molecule has 0 spiro atoms. The molecule has 4 amide bonds. The fraction of sp³-hybridized carbons (Fsp3) is 0.0741. The summed E-state index contributed by atoms with van der Waals surface area (Å²) in [5, 5.41) is 14.6. The Labute approximate surface area is 215 Å². The van der Waals surface area contributed by atoms with Crippen LogP contribution in [0.5, 0.6) is 0 Å². The van der Waals surface area contributed by atoms with Crippen molar-refractivity contribution in [2.75, 3.05) is 4.90 Å².